The number of anilines is 6. The second-order valence-corrected chi connectivity index (χ2v) is 27.9. The molecule has 0 amide bonds. The minimum atomic E-state index is -0.262. The van der Waals surface area contributed by atoms with Crippen molar-refractivity contribution in [3.63, 3.8) is 0 Å². The number of rotatable bonds is 9. The van der Waals surface area contributed by atoms with Gasteiger partial charge in [0, 0.05) is 45.0 Å². The fourth-order valence-electron chi connectivity index (χ4n) is 17.8. The van der Waals surface area contributed by atoms with Gasteiger partial charge in [-0.05, 0) is 211 Å². The van der Waals surface area contributed by atoms with Crippen LogP contribution in [0, 0.1) is 20.8 Å². The standard InChI is InChI=1S/C99H67BN2/c1-62-53-63(2)96(64(3)54-62)73-60-94-97-95(61-73)102(99-85(88-56-71-34-14-17-37-75(71)79-40-20-23-43-82(79)88)47-26-48-86(99)89-57-72-35-15-18-38-76(72)80-41-21-24-44-83(80)89)93-52-50-69(66-29-9-5-10-30-66)59-91(93)100(97)90-58-68(65-27-7-4-8-28-65)49-51-92(90)101(94)98-77(67-31-11-6-12-32-67)45-25-46-84(98)87-55-70-33-13-16-36-74(70)78-39-19-22-42-81(78)87/h4-61H,1-3H3. The summed E-state index contributed by atoms with van der Waals surface area (Å²) in [6.07, 6.45) is 0. The van der Waals surface area contributed by atoms with Crippen LogP contribution in [0.2, 0.25) is 0 Å². The molecule has 0 unspecified atom stereocenters. The predicted octanol–water partition coefficient (Wildman–Crippen LogP) is 25.3. The highest BCUT2D eigenvalue weighted by atomic mass is 15.2. The zero-order valence-electron chi connectivity index (χ0n) is 57.0. The lowest BCUT2D eigenvalue weighted by Crippen LogP contribution is -2.61. The van der Waals surface area contributed by atoms with Crippen LogP contribution in [-0.2, 0) is 0 Å². The predicted molar refractivity (Wildman–Crippen MR) is 438 cm³/mol. The van der Waals surface area contributed by atoms with E-state index in [9.17, 15) is 0 Å². The van der Waals surface area contributed by atoms with Crippen LogP contribution in [0.1, 0.15) is 16.7 Å². The fourth-order valence-corrected chi connectivity index (χ4v) is 17.8. The van der Waals surface area contributed by atoms with Gasteiger partial charge in [-0.3, -0.25) is 0 Å². The number of hydrogen-bond acceptors (Lipinski definition) is 2. The second kappa shape index (κ2) is 23.7. The maximum Gasteiger partial charge on any atom is 0.252 e. The van der Waals surface area contributed by atoms with Crippen molar-refractivity contribution in [2.45, 2.75) is 20.8 Å². The van der Waals surface area contributed by atoms with E-state index < -0.39 is 0 Å². The van der Waals surface area contributed by atoms with Crippen LogP contribution < -0.4 is 26.2 Å². The summed E-state index contributed by atoms with van der Waals surface area (Å²) in [5, 5.41) is 14.6. The molecule has 2 aliphatic heterocycles. The zero-order chi connectivity index (χ0) is 67.7. The summed E-state index contributed by atoms with van der Waals surface area (Å²) in [5.74, 6) is 0. The molecule has 18 aromatic rings. The molecule has 0 saturated carbocycles. The quantitative estimate of drug-likeness (QED) is 0.105. The van der Waals surface area contributed by atoms with Crippen LogP contribution in [0.3, 0.4) is 0 Å². The molecule has 20 rings (SSSR count). The number of aryl methyl sites for hydroxylation is 3. The maximum atomic E-state index is 2.74. The Bertz CT molecular complexity index is 6330. The molecule has 102 heavy (non-hydrogen) atoms. The molecule has 2 nitrogen and oxygen atoms in total. The third-order valence-electron chi connectivity index (χ3n) is 22.0. The average Bonchev–Trinajstić information content (AvgIpc) is 0.685. The molecule has 0 N–H and O–H groups in total. The molecule has 0 bridgehead atoms. The molecule has 2 heterocycles. The van der Waals surface area contributed by atoms with E-state index in [2.05, 4.69) is 382 Å². The topological polar surface area (TPSA) is 6.48 Å². The van der Waals surface area contributed by atoms with Crippen molar-refractivity contribution in [2.24, 2.45) is 0 Å². The lowest BCUT2D eigenvalue weighted by Gasteiger charge is -2.46. The summed E-state index contributed by atoms with van der Waals surface area (Å²) in [6.45, 7) is 6.60. The SMILES string of the molecule is Cc1cc(C)c(-c2cc3c4c(c2)N(c2c(-c5cc6ccccc6c6ccccc56)cccc2-c2cc5ccccc5c5ccccc25)c2ccc(-c5ccccc5)cc2B4c2cc(-c4ccccc4)ccc2N3c2c(-c3ccccc3)cccc2-c2cc3ccccc3c3ccccc23)c(C)c1. The van der Waals surface area contributed by atoms with Gasteiger partial charge in [0.1, 0.15) is 0 Å². The lowest BCUT2D eigenvalue weighted by atomic mass is 9.33. The van der Waals surface area contributed by atoms with E-state index in [-0.39, 0.29) is 6.71 Å². The molecule has 0 fully saturated rings. The van der Waals surface area contributed by atoms with E-state index in [1.807, 2.05) is 0 Å². The maximum absolute atomic E-state index is 2.74. The van der Waals surface area contributed by atoms with Gasteiger partial charge in [-0.2, -0.15) is 0 Å². The summed E-state index contributed by atoms with van der Waals surface area (Å²) >= 11 is 0. The Morgan fingerprint density at radius 2 is 0.549 bits per heavy atom. The molecule has 0 spiro atoms. The summed E-state index contributed by atoms with van der Waals surface area (Å²) in [5.41, 5.74) is 30.5. The average molecular weight is 1300 g/mol. The molecular formula is C99H67BN2. The number of benzene rings is 18. The molecule has 18 aromatic carbocycles. The van der Waals surface area contributed by atoms with Crippen molar-refractivity contribution in [2.75, 3.05) is 9.80 Å². The van der Waals surface area contributed by atoms with Crippen LogP contribution >= 0.6 is 0 Å². The minimum Gasteiger partial charge on any atom is -0.310 e. The van der Waals surface area contributed by atoms with Crippen molar-refractivity contribution in [3.05, 3.63) is 369 Å². The molecule has 0 aromatic heterocycles. The van der Waals surface area contributed by atoms with Gasteiger partial charge < -0.3 is 9.80 Å². The highest BCUT2D eigenvalue weighted by molar-refractivity contribution is 7.00. The van der Waals surface area contributed by atoms with Gasteiger partial charge in [-0.1, -0.05) is 315 Å². The highest BCUT2D eigenvalue weighted by Gasteiger charge is 2.46. The van der Waals surface area contributed by atoms with Crippen molar-refractivity contribution < 1.29 is 0 Å². The van der Waals surface area contributed by atoms with Gasteiger partial charge in [0.2, 0.25) is 0 Å². The summed E-state index contributed by atoms with van der Waals surface area (Å²) in [6, 6.07) is 133. The Kier molecular flexibility index (Phi) is 13.8. The monoisotopic (exact) mass is 1290 g/mol. The summed E-state index contributed by atoms with van der Waals surface area (Å²) < 4.78 is 0. The Labute approximate surface area is 595 Å². The van der Waals surface area contributed by atoms with E-state index >= 15 is 0 Å². The second-order valence-electron chi connectivity index (χ2n) is 27.9. The highest BCUT2D eigenvalue weighted by Crippen LogP contribution is 2.56. The normalized spacial score (nSPS) is 12.4. The third-order valence-corrected chi connectivity index (χ3v) is 22.0. The first-order chi connectivity index (χ1) is 50.4. The van der Waals surface area contributed by atoms with E-state index in [1.165, 1.54) is 142 Å². The number of hydrogen-bond donors (Lipinski definition) is 0. The largest absolute Gasteiger partial charge is 0.310 e. The van der Waals surface area contributed by atoms with Crippen molar-refractivity contribution >= 4 is 122 Å². The zero-order valence-corrected chi connectivity index (χ0v) is 57.0. The van der Waals surface area contributed by atoms with Gasteiger partial charge in [0.15, 0.2) is 0 Å². The van der Waals surface area contributed by atoms with Crippen LogP contribution in [0.15, 0.2) is 352 Å². The third kappa shape index (κ3) is 9.35. The Morgan fingerprint density at radius 1 is 0.216 bits per heavy atom. The van der Waals surface area contributed by atoms with Crippen LogP contribution in [0.25, 0.3) is 143 Å². The molecule has 0 saturated heterocycles. The van der Waals surface area contributed by atoms with Gasteiger partial charge in [-0.15, -0.1) is 0 Å². The summed E-state index contributed by atoms with van der Waals surface area (Å²) in [4.78, 5) is 5.46. The van der Waals surface area contributed by atoms with Crippen LogP contribution in [-0.4, -0.2) is 6.71 Å². The van der Waals surface area contributed by atoms with Crippen LogP contribution in [0.5, 0.6) is 0 Å². The number of nitrogens with zero attached hydrogens (tertiary/aromatic N) is 2. The molecule has 476 valence electrons. The molecule has 0 atom stereocenters. The fraction of sp³-hybridized carbons (Fsp3) is 0.0303. The Hall–Kier alpha value is -12.8. The van der Waals surface area contributed by atoms with Crippen molar-refractivity contribution in [3.8, 4) is 77.9 Å². The Balaban J connectivity index is 0.995. The van der Waals surface area contributed by atoms with Gasteiger partial charge in [0.05, 0.1) is 11.4 Å². The van der Waals surface area contributed by atoms with Crippen molar-refractivity contribution in [1.29, 1.82) is 0 Å². The van der Waals surface area contributed by atoms with Gasteiger partial charge >= 0.3 is 0 Å². The smallest absolute Gasteiger partial charge is 0.252 e. The molecule has 3 heteroatoms. The first kappa shape index (κ1) is 59.3. The number of fused-ring (bicyclic) bond motifs is 13. The van der Waals surface area contributed by atoms with Crippen molar-refractivity contribution in [1.82, 2.24) is 0 Å². The van der Waals surface area contributed by atoms with E-state index in [0.29, 0.717) is 0 Å². The molecule has 2 aliphatic rings. The lowest BCUT2D eigenvalue weighted by molar-refractivity contribution is 1.25. The molecule has 0 aliphatic carbocycles. The van der Waals surface area contributed by atoms with E-state index in [0.717, 1.165) is 67.5 Å². The first-order valence-corrected chi connectivity index (χ1v) is 35.7. The Morgan fingerprint density at radius 3 is 0.951 bits per heavy atom. The number of para-hydroxylation sites is 2. The van der Waals surface area contributed by atoms with Gasteiger partial charge in [-0.25, -0.2) is 0 Å². The first-order valence-electron chi connectivity index (χ1n) is 35.7. The van der Waals surface area contributed by atoms with Crippen LogP contribution in [0.4, 0.5) is 34.1 Å². The summed E-state index contributed by atoms with van der Waals surface area (Å²) in [7, 11) is 0. The van der Waals surface area contributed by atoms with Gasteiger partial charge in [0.25, 0.3) is 6.71 Å². The van der Waals surface area contributed by atoms with E-state index in [1.54, 1.807) is 0 Å². The van der Waals surface area contributed by atoms with E-state index in [4.69, 9.17) is 0 Å². The minimum absolute atomic E-state index is 0.262. The molecular weight excluding hydrogens is 1230 g/mol. The molecule has 0 radical (unpaired) electrons.